The van der Waals surface area contributed by atoms with Gasteiger partial charge in [0, 0.05) is 19.1 Å². The van der Waals surface area contributed by atoms with E-state index in [1.54, 1.807) is 14.2 Å². The van der Waals surface area contributed by atoms with Gasteiger partial charge in [0.2, 0.25) is 0 Å². The van der Waals surface area contributed by atoms with Crippen molar-refractivity contribution in [3.63, 3.8) is 0 Å². The fourth-order valence-electron chi connectivity index (χ4n) is 4.53. The van der Waals surface area contributed by atoms with Crippen LogP contribution in [-0.4, -0.2) is 45.9 Å². The van der Waals surface area contributed by atoms with Crippen molar-refractivity contribution in [2.24, 2.45) is 5.92 Å². The second-order valence-electron chi connectivity index (χ2n) is 7.37. The quantitative estimate of drug-likeness (QED) is 0.651. The molecule has 4 heteroatoms. The Morgan fingerprint density at radius 2 is 2.04 bits per heavy atom. The van der Waals surface area contributed by atoms with Crippen LogP contribution < -0.4 is 4.74 Å². The van der Waals surface area contributed by atoms with Gasteiger partial charge in [0.05, 0.1) is 13.7 Å². The molecule has 0 saturated heterocycles. The second kappa shape index (κ2) is 9.20. The van der Waals surface area contributed by atoms with Crippen LogP contribution in [0.5, 0.6) is 5.75 Å². The minimum atomic E-state index is 0. The molecule has 1 aromatic rings. The number of rotatable bonds is 7. The molecular formula is C21H32BrNO2. The van der Waals surface area contributed by atoms with E-state index < -0.39 is 0 Å². The molecule has 0 N–H and O–H groups in total. The predicted octanol–water partition coefficient (Wildman–Crippen LogP) is 4.70. The Morgan fingerprint density at radius 3 is 2.80 bits per heavy atom. The molecule has 0 aromatic heterocycles. The topological polar surface area (TPSA) is 21.7 Å². The van der Waals surface area contributed by atoms with Crippen molar-refractivity contribution in [2.45, 2.75) is 37.5 Å². The van der Waals surface area contributed by atoms with E-state index in [2.05, 4.69) is 42.3 Å². The predicted molar refractivity (Wildman–Crippen MR) is 110 cm³/mol. The van der Waals surface area contributed by atoms with Crippen molar-refractivity contribution >= 4 is 23.1 Å². The minimum absolute atomic E-state index is 0. The van der Waals surface area contributed by atoms with Gasteiger partial charge in [-0.15, -0.1) is 17.0 Å². The summed E-state index contributed by atoms with van der Waals surface area (Å²) in [4.78, 5) is 2.40. The van der Waals surface area contributed by atoms with E-state index in [1.165, 1.54) is 43.2 Å². The third-order valence-electron chi connectivity index (χ3n) is 6.02. The summed E-state index contributed by atoms with van der Waals surface area (Å²) >= 11 is 0. The second-order valence-corrected chi connectivity index (χ2v) is 7.37. The summed E-state index contributed by atoms with van der Waals surface area (Å²) in [5.41, 5.74) is 3.17. The number of ether oxygens (including phenoxy) is 2. The van der Waals surface area contributed by atoms with Gasteiger partial charge < -0.3 is 14.4 Å². The number of hydrogen-bond acceptors (Lipinski definition) is 3. The number of halogens is 1. The fraction of sp³-hybridized carbons (Fsp3) is 0.619. The molecule has 1 saturated carbocycles. The van der Waals surface area contributed by atoms with Crippen molar-refractivity contribution < 1.29 is 9.47 Å². The van der Waals surface area contributed by atoms with E-state index in [-0.39, 0.29) is 22.4 Å². The first-order chi connectivity index (χ1) is 11.7. The van der Waals surface area contributed by atoms with Crippen LogP contribution >= 0.6 is 17.0 Å². The molecule has 0 spiro atoms. The molecule has 0 aliphatic heterocycles. The van der Waals surface area contributed by atoms with Crippen LogP contribution in [-0.2, 0) is 10.2 Å². The third kappa shape index (κ3) is 4.29. The molecule has 140 valence electrons. The lowest BCUT2D eigenvalue weighted by molar-refractivity contribution is 0.141. The normalized spacial score (nSPS) is 24.4. The SMILES string of the molecule is Br.COCCN(C)CC[C@@]12CCCC[C@@H]1C=Cc1ccc(OC)cc12. The molecule has 1 aromatic carbocycles. The summed E-state index contributed by atoms with van der Waals surface area (Å²) in [6.07, 6.45) is 11.3. The summed E-state index contributed by atoms with van der Waals surface area (Å²) in [7, 11) is 5.75. The van der Waals surface area contributed by atoms with Crippen LogP contribution in [0.3, 0.4) is 0 Å². The Labute approximate surface area is 163 Å². The third-order valence-corrected chi connectivity index (χ3v) is 6.02. The monoisotopic (exact) mass is 409 g/mol. The molecule has 25 heavy (non-hydrogen) atoms. The summed E-state index contributed by atoms with van der Waals surface area (Å²) in [5, 5.41) is 0. The van der Waals surface area contributed by atoms with Crippen LogP contribution in [0, 0.1) is 5.92 Å². The van der Waals surface area contributed by atoms with Gasteiger partial charge in [0.15, 0.2) is 0 Å². The highest BCUT2D eigenvalue weighted by Gasteiger charge is 2.43. The number of allylic oxidation sites excluding steroid dienone is 1. The maximum Gasteiger partial charge on any atom is 0.119 e. The Morgan fingerprint density at radius 1 is 1.20 bits per heavy atom. The Bertz CT molecular complexity index is 589. The van der Waals surface area contributed by atoms with Crippen molar-refractivity contribution in [3.8, 4) is 5.75 Å². The van der Waals surface area contributed by atoms with E-state index in [0.29, 0.717) is 5.92 Å². The minimum Gasteiger partial charge on any atom is -0.497 e. The molecule has 3 nitrogen and oxygen atoms in total. The van der Waals surface area contributed by atoms with Crippen LogP contribution in [0.2, 0.25) is 0 Å². The van der Waals surface area contributed by atoms with Gasteiger partial charge in [0.25, 0.3) is 0 Å². The Hall–Kier alpha value is -0.840. The van der Waals surface area contributed by atoms with Crippen LogP contribution in [0.1, 0.15) is 43.2 Å². The average Bonchev–Trinajstić information content (AvgIpc) is 2.64. The number of methoxy groups -OCH3 is 2. The van der Waals surface area contributed by atoms with Crippen molar-refractivity contribution in [1.82, 2.24) is 4.90 Å². The zero-order chi connectivity index (χ0) is 17.0. The van der Waals surface area contributed by atoms with Crippen molar-refractivity contribution in [3.05, 3.63) is 35.4 Å². The van der Waals surface area contributed by atoms with Crippen LogP contribution in [0.15, 0.2) is 24.3 Å². The molecule has 0 heterocycles. The van der Waals surface area contributed by atoms with Gasteiger partial charge in [-0.05, 0) is 62.0 Å². The van der Waals surface area contributed by atoms with E-state index in [9.17, 15) is 0 Å². The van der Waals surface area contributed by atoms with Gasteiger partial charge in [0.1, 0.15) is 5.75 Å². The molecule has 2 aliphatic rings. The molecule has 2 atom stereocenters. The van der Waals surface area contributed by atoms with Gasteiger partial charge >= 0.3 is 0 Å². The summed E-state index contributed by atoms with van der Waals surface area (Å²) in [6.45, 7) is 2.92. The van der Waals surface area contributed by atoms with E-state index in [4.69, 9.17) is 9.47 Å². The van der Waals surface area contributed by atoms with Gasteiger partial charge in [-0.1, -0.05) is 31.1 Å². The first-order valence-corrected chi connectivity index (χ1v) is 9.24. The Kier molecular flexibility index (Phi) is 7.53. The molecule has 0 radical (unpaired) electrons. The maximum absolute atomic E-state index is 5.53. The maximum atomic E-state index is 5.53. The van der Waals surface area contributed by atoms with Crippen LogP contribution in [0.4, 0.5) is 0 Å². The lowest BCUT2D eigenvalue weighted by Gasteiger charge is -2.47. The van der Waals surface area contributed by atoms with Gasteiger partial charge in [-0.3, -0.25) is 0 Å². The number of fused-ring (bicyclic) bond motifs is 3. The molecule has 3 rings (SSSR count). The van der Waals surface area contributed by atoms with E-state index >= 15 is 0 Å². The highest BCUT2D eigenvalue weighted by atomic mass is 79.9. The summed E-state index contributed by atoms with van der Waals surface area (Å²) < 4.78 is 10.8. The number of nitrogens with zero attached hydrogens (tertiary/aromatic N) is 1. The smallest absolute Gasteiger partial charge is 0.119 e. The molecular weight excluding hydrogens is 378 g/mol. The van der Waals surface area contributed by atoms with Crippen molar-refractivity contribution in [2.75, 3.05) is 41.0 Å². The highest BCUT2D eigenvalue weighted by Crippen LogP contribution is 2.51. The van der Waals surface area contributed by atoms with Gasteiger partial charge in [-0.2, -0.15) is 0 Å². The zero-order valence-corrected chi connectivity index (χ0v) is 17.5. The number of likely N-dealkylation sites (N-methyl/N-ethyl adjacent to an activating group) is 1. The lowest BCUT2D eigenvalue weighted by atomic mass is 9.58. The summed E-state index contributed by atoms with van der Waals surface area (Å²) in [5.74, 6) is 1.65. The van der Waals surface area contributed by atoms with E-state index in [0.717, 1.165) is 25.4 Å². The fourth-order valence-corrected chi connectivity index (χ4v) is 4.53. The average molecular weight is 410 g/mol. The van der Waals surface area contributed by atoms with E-state index in [1.807, 2.05) is 0 Å². The lowest BCUT2D eigenvalue weighted by Crippen LogP contribution is -2.42. The Balaban J connectivity index is 0.00000225. The highest BCUT2D eigenvalue weighted by molar-refractivity contribution is 8.93. The number of benzene rings is 1. The standard InChI is InChI=1S/C21H31NO2.BrH/c1-22(14-15-23-2)13-12-21-11-5-4-6-18(21)9-7-17-8-10-19(24-3)16-20(17)21;/h7-10,16,18H,4-6,11-15H2,1-3H3;1H/t18-,21+;/m1./s1. The van der Waals surface area contributed by atoms with Crippen molar-refractivity contribution in [1.29, 1.82) is 0 Å². The largest absolute Gasteiger partial charge is 0.497 e. The first kappa shape index (κ1) is 20.5. The first-order valence-electron chi connectivity index (χ1n) is 9.24. The molecule has 0 amide bonds. The number of hydrogen-bond donors (Lipinski definition) is 0. The molecule has 0 bridgehead atoms. The molecule has 1 fully saturated rings. The molecule has 0 unspecified atom stereocenters. The van der Waals surface area contributed by atoms with Gasteiger partial charge in [-0.25, -0.2) is 0 Å². The zero-order valence-electron chi connectivity index (χ0n) is 15.8. The summed E-state index contributed by atoms with van der Waals surface area (Å²) in [6, 6.07) is 6.61. The molecule has 2 aliphatic carbocycles. The van der Waals surface area contributed by atoms with Crippen LogP contribution in [0.25, 0.3) is 6.08 Å².